The third-order valence-electron chi connectivity index (χ3n) is 1.39. The lowest BCUT2D eigenvalue weighted by Crippen LogP contribution is -1.90. The maximum Gasteiger partial charge on any atom is 0.189 e. The van der Waals surface area contributed by atoms with Crippen LogP contribution in [0, 0.1) is 0 Å². The number of hydrogen-bond donors (Lipinski definition) is 1. The van der Waals surface area contributed by atoms with Crippen molar-refractivity contribution in [1.82, 2.24) is 0 Å². The van der Waals surface area contributed by atoms with Gasteiger partial charge in [-0.05, 0) is 6.08 Å². The molecule has 0 radical (unpaired) electrons. The summed E-state index contributed by atoms with van der Waals surface area (Å²) < 4.78 is 10.1. The Labute approximate surface area is 77.0 Å². The fourth-order valence-electron chi connectivity index (χ4n) is 0.885. The minimum atomic E-state index is 0.305. The van der Waals surface area contributed by atoms with Crippen LogP contribution in [0.5, 0.6) is 0 Å². The number of rotatable bonds is 3. The van der Waals surface area contributed by atoms with E-state index in [0.717, 1.165) is 5.76 Å². The molecule has 1 saturated heterocycles. The van der Waals surface area contributed by atoms with Crippen molar-refractivity contribution >= 4 is 6.34 Å². The Kier molecular flexibility index (Phi) is 3.78. The third-order valence-corrected chi connectivity index (χ3v) is 1.39. The highest BCUT2D eigenvalue weighted by atomic mass is 16.7. The van der Waals surface area contributed by atoms with E-state index in [0.29, 0.717) is 19.1 Å². The van der Waals surface area contributed by atoms with Gasteiger partial charge in [0.25, 0.3) is 0 Å². The zero-order valence-corrected chi connectivity index (χ0v) is 7.27. The van der Waals surface area contributed by atoms with Crippen molar-refractivity contribution in [3.05, 3.63) is 36.3 Å². The molecule has 1 aliphatic rings. The van der Waals surface area contributed by atoms with Gasteiger partial charge in [0.2, 0.25) is 0 Å². The Morgan fingerprint density at radius 2 is 2.46 bits per heavy atom. The Bertz CT molecular complexity index is 259. The van der Waals surface area contributed by atoms with E-state index in [1.54, 1.807) is 18.2 Å². The number of hydrogen-bond acceptors (Lipinski definition) is 3. The molecule has 1 aliphatic heterocycles. The van der Waals surface area contributed by atoms with Gasteiger partial charge in [-0.3, -0.25) is 0 Å². The zero-order chi connectivity index (χ0) is 9.52. The standard InChI is InChI=1S/C9H12N2O2/c1-2-3-8(11-6-10)4-9-5-12-7-13-9/h2-4,6H,1,5,7H2,(H2,10,11)/b8-3+,9-4+. The SMILES string of the molecule is C=C/C=C(\C=C1/COCO1)N=CN. The maximum absolute atomic E-state index is 5.17. The predicted molar refractivity (Wildman–Crippen MR) is 50.9 cm³/mol. The Morgan fingerprint density at radius 3 is 3.00 bits per heavy atom. The first kappa shape index (κ1) is 9.54. The van der Waals surface area contributed by atoms with E-state index in [1.165, 1.54) is 6.34 Å². The number of nitrogens with two attached hydrogens (primary N) is 1. The fraction of sp³-hybridized carbons (Fsp3) is 0.222. The molecule has 0 aromatic carbocycles. The second kappa shape index (κ2) is 5.16. The topological polar surface area (TPSA) is 56.8 Å². The molecule has 4 nitrogen and oxygen atoms in total. The minimum absolute atomic E-state index is 0.305. The lowest BCUT2D eigenvalue weighted by Gasteiger charge is -1.95. The van der Waals surface area contributed by atoms with Crippen LogP contribution in [0.3, 0.4) is 0 Å². The first-order chi connectivity index (χ1) is 6.36. The highest BCUT2D eigenvalue weighted by Crippen LogP contribution is 2.11. The highest BCUT2D eigenvalue weighted by Gasteiger charge is 2.07. The van der Waals surface area contributed by atoms with Gasteiger partial charge in [0.05, 0.1) is 12.0 Å². The van der Waals surface area contributed by atoms with Crippen LogP contribution in [0.4, 0.5) is 0 Å². The van der Waals surface area contributed by atoms with Crippen molar-refractivity contribution < 1.29 is 9.47 Å². The Morgan fingerprint density at radius 1 is 1.62 bits per heavy atom. The van der Waals surface area contributed by atoms with Crippen LogP contribution >= 0.6 is 0 Å². The molecule has 0 atom stereocenters. The summed E-state index contributed by atoms with van der Waals surface area (Å²) in [6.07, 6.45) is 6.35. The van der Waals surface area contributed by atoms with Crippen LogP contribution in [0.15, 0.2) is 41.3 Å². The molecule has 0 amide bonds. The van der Waals surface area contributed by atoms with Crippen molar-refractivity contribution in [2.45, 2.75) is 0 Å². The summed E-state index contributed by atoms with van der Waals surface area (Å²) in [5, 5.41) is 0. The quantitative estimate of drug-likeness (QED) is 0.399. The summed E-state index contributed by atoms with van der Waals surface area (Å²) in [6, 6.07) is 0. The summed E-state index contributed by atoms with van der Waals surface area (Å²) in [6.45, 7) is 4.35. The second-order valence-electron chi connectivity index (χ2n) is 2.33. The van der Waals surface area contributed by atoms with Gasteiger partial charge in [-0.1, -0.05) is 12.7 Å². The molecule has 1 rings (SSSR count). The third kappa shape index (κ3) is 3.13. The van der Waals surface area contributed by atoms with E-state index in [1.807, 2.05) is 0 Å². The summed E-state index contributed by atoms with van der Waals surface area (Å²) >= 11 is 0. The van der Waals surface area contributed by atoms with Gasteiger partial charge < -0.3 is 15.2 Å². The molecule has 0 spiro atoms. The van der Waals surface area contributed by atoms with Gasteiger partial charge in [-0.15, -0.1) is 0 Å². The van der Waals surface area contributed by atoms with Crippen molar-refractivity contribution in [3.63, 3.8) is 0 Å². The second-order valence-corrected chi connectivity index (χ2v) is 2.33. The van der Waals surface area contributed by atoms with Crippen molar-refractivity contribution in [2.24, 2.45) is 10.7 Å². The normalized spacial score (nSPS) is 20.9. The van der Waals surface area contributed by atoms with Crippen LogP contribution in [-0.4, -0.2) is 19.7 Å². The van der Waals surface area contributed by atoms with Crippen molar-refractivity contribution in [3.8, 4) is 0 Å². The molecule has 1 heterocycles. The molecule has 70 valence electrons. The van der Waals surface area contributed by atoms with E-state index < -0.39 is 0 Å². The molecule has 0 unspecified atom stereocenters. The highest BCUT2D eigenvalue weighted by molar-refractivity contribution is 5.54. The van der Waals surface area contributed by atoms with Crippen LogP contribution < -0.4 is 5.73 Å². The molecule has 0 bridgehead atoms. The summed E-state index contributed by atoms with van der Waals surface area (Å²) in [4.78, 5) is 3.91. The summed E-state index contributed by atoms with van der Waals surface area (Å²) in [5.74, 6) is 0.749. The average Bonchev–Trinajstić information content (AvgIpc) is 2.58. The smallest absolute Gasteiger partial charge is 0.189 e. The average molecular weight is 180 g/mol. The zero-order valence-electron chi connectivity index (χ0n) is 7.27. The lowest BCUT2D eigenvalue weighted by molar-refractivity contribution is 0.0800. The summed E-state index contributed by atoms with van der Waals surface area (Å²) in [7, 11) is 0. The van der Waals surface area contributed by atoms with Gasteiger partial charge in [0.15, 0.2) is 6.79 Å². The van der Waals surface area contributed by atoms with Crippen LogP contribution in [0.1, 0.15) is 0 Å². The first-order valence-corrected chi connectivity index (χ1v) is 3.85. The van der Waals surface area contributed by atoms with E-state index in [2.05, 4.69) is 11.6 Å². The van der Waals surface area contributed by atoms with Crippen LogP contribution in [-0.2, 0) is 9.47 Å². The molecule has 0 saturated carbocycles. The molecule has 0 aromatic heterocycles. The molecule has 0 aliphatic carbocycles. The van der Waals surface area contributed by atoms with Crippen LogP contribution in [0.25, 0.3) is 0 Å². The minimum Gasteiger partial charge on any atom is -0.469 e. The lowest BCUT2D eigenvalue weighted by atomic mass is 10.3. The van der Waals surface area contributed by atoms with E-state index in [4.69, 9.17) is 15.2 Å². The first-order valence-electron chi connectivity index (χ1n) is 3.85. The van der Waals surface area contributed by atoms with E-state index in [9.17, 15) is 0 Å². The van der Waals surface area contributed by atoms with Gasteiger partial charge in [-0.25, -0.2) is 4.99 Å². The molecule has 13 heavy (non-hydrogen) atoms. The molecular formula is C9H12N2O2. The summed E-state index contributed by atoms with van der Waals surface area (Å²) in [5.41, 5.74) is 5.86. The number of nitrogens with zero attached hydrogens (tertiary/aromatic N) is 1. The number of allylic oxidation sites excluding steroid dienone is 3. The van der Waals surface area contributed by atoms with E-state index >= 15 is 0 Å². The molecular weight excluding hydrogens is 168 g/mol. The van der Waals surface area contributed by atoms with Crippen molar-refractivity contribution in [1.29, 1.82) is 0 Å². The maximum atomic E-state index is 5.17. The van der Waals surface area contributed by atoms with Gasteiger partial charge in [-0.2, -0.15) is 0 Å². The van der Waals surface area contributed by atoms with Gasteiger partial charge in [0, 0.05) is 6.08 Å². The van der Waals surface area contributed by atoms with E-state index in [-0.39, 0.29) is 0 Å². The largest absolute Gasteiger partial charge is 0.469 e. The molecule has 4 heteroatoms. The van der Waals surface area contributed by atoms with Crippen molar-refractivity contribution in [2.75, 3.05) is 13.4 Å². The Balaban J connectivity index is 2.70. The predicted octanol–water partition coefficient (Wildman–Crippen LogP) is 0.931. The Hall–Kier alpha value is -1.55. The number of aliphatic imine (C=N–C) groups is 1. The molecule has 2 N–H and O–H groups in total. The van der Waals surface area contributed by atoms with Crippen LogP contribution in [0.2, 0.25) is 0 Å². The van der Waals surface area contributed by atoms with Gasteiger partial charge in [0.1, 0.15) is 12.4 Å². The molecule has 0 aromatic rings. The number of ether oxygens (including phenoxy) is 2. The fourth-order valence-corrected chi connectivity index (χ4v) is 0.885. The van der Waals surface area contributed by atoms with Gasteiger partial charge >= 0.3 is 0 Å². The molecule has 1 fully saturated rings. The monoisotopic (exact) mass is 180 g/mol.